The van der Waals surface area contributed by atoms with Crippen molar-refractivity contribution in [1.82, 2.24) is 24.9 Å². The van der Waals surface area contributed by atoms with E-state index in [1.807, 2.05) is 0 Å². The van der Waals surface area contributed by atoms with Crippen LogP contribution in [0.3, 0.4) is 0 Å². The number of rotatable bonds is 8. The van der Waals surface area contributed by atoms with Crippen LogP contribution in [-0.2, 0) is 24.4 Å². The number of likely N-dealkylation sites (tertiary alicyclic amines) is 1. The lowest BCUT2D eigenvalue weighted by Crippen LogP contribution is -2.45. The molecule has 1 atom stereocenters. The van der Waals surface area contributed by atoms with Gasteiger partial charge in [-0.3, -0.25) is 19.3 Å². The minimum Gasteiger partial charge on any atom is -0.349 e. The third kappa shape index (κ3) is 5.07. The third-order valence-corrected chi connectivity index (χ3v) is 5.79. The van der Waals surface area contributed by atoms with Crippen LogP contribution in [0.2, 0.25) is 0 Å². The number of nitrogens with one attached hydrogen (secondary N) is 1. The second kappa shape index (κ2) is 9.51. The molecule has 0 aromatic carbocycles. The van der Waals surface area contributed by atoms with Gasteiger partial charge >= 0.3 is 0 Å². The molecule has 0 bridgehead atoms. The Kier molecular flexibility index (Phi) is 7.08. The molecule has 0 radical (unpaired) electrons. The third-order valence-electron chi connectivity index (χ3n) is 5.79. The summed E-state index contributed by atoms with van der Waals surface area (Å²) in [5, 5.41) is 7.75. The van der Waals surface area contributed by atoms with Gasteiger partial charge in [-0.25, -0.2) is 0 Å². The summed E-state index contributed by atoms with van der Waals surface area (Å²) in [6.45, 7) is 10.8. The highest BCUT2D eigenvalue weighted by Gasteiger charge is 2.23. The summed E-state index contributed by atoms with van der Waals surface area (Å²) in [5.41, 5.74) is 2.26. The molecule has 6 heteroatoms. The first-order valence-electron chi connectivity index (χ1n) is 10.5. The zero-order chi connectivity index (χ0) is 18.4. The van der Waals surface area contributed by atoms with E-state index in [0.29, 0.717) is 19.1 Å². The molecule has 0 spiro atoms. The summed E-state index contributed by atoms with van der Waals surface area (Å²) in [4.78, 5) is 17.2. The average molecular weight is 362 g/mol. The van der Waals surface area contributed by atoms with Gasteiger partial charge in [0, 0.05) is 19.1 Å². The molecule has 2 aliphatic rings. The van der Waals surface area contributed by atoms with Gasteiger partial charge < -0.3 is 5.32 Å². The minimum atomic E-state index is 0.126. The summed E-state index contributed by atoms with van der Waals surface area (Å²) in [6, 6.07) is 2.73. The van der Waals surface area contributed by atoms with Crippen LogP contribution in [0.15, 0.2) is 6.07 Å². The molecule has 2 aliphatic heterocycles. The molecule has 3 heterocycles. The van der Waals surface area contributed by atoms with Crippen LogP contribution in [0.25, 0.3) is 0 Å². The number of fused-ring (bicyclic) bond motifs is 1. The average Bonchev–Trinajstić information content (AvgIpc) is 3.07. The van der Waals surface area contributed by atoms with Crippen molar-refractivity contribution in [3.05, 3.63) is 17.5 Å². The van der Waals surface area contributed by atoms with Crippen molar-refractivity contribution in [3.8, 4) is 0 Å². The second-order valence-electron chi connectivity index (χ2n) is 7.78. The summed E-state index contributed by atoms with van der Waals surface area (Å²) in [5.74, 6) is 0.126. The van der Waals surface area contributed by atoms with Crippen LogP contribution in [0.4, 0.5) is 0 Å². The zero-order valence-corrected chi connectivity index (χ0v) is 16.5. The first-order valence-corrected chi connectivity index (χ1v) is 10.5. The monoisotopic (exact) mass is 361 g/mol. The van der Waals surface area contributed by atoms with Crippen LogP contribution < -0.4 is 5.32 Å². The molecule has 1 N–H and O–H groups in total. The summed E-state index contributed by atoms with van der Waals surface area (Å²) in [7, 11) is 0. The molecule has 146 valence electrons. The van der Waals surface area contributed by atoms with Crippen molar-refractivity contribution in [1.29, 1.82) is 0 Å². The molecule has 1 saturated heterocycles. The Bertz CT molecular complexity index is 585. The minimum absolute atomic E-state index is 0.126. The maximum atomic E-state index is 12.4. The molecule has 0 unspecified atom stereocenters. The molecule has 1 aromatic rings. The SMILES string of the molecule is CCCCN1CCn2nc(CNC(=O)CN3CCCC[C@H]3CC)cc2C1. The summed E-state index contributed by atoms with van der Waals surface area (Å²) in [6.07, 6.45) is 7.37. The van der Waals surface area contributed by atoms with E-state index in [-0.39, 0.29) is 5.91 Å². The molecule has 0 aliphatic carbocycles. The Morgan fingerprint density at radius 2 is 2.15 bits per heavy atom. The fourth-order valence-corrected chi connectivity index (χ4v) is 4.20. The first kappa shape index (κ1) is 19.4. The Hall–Kier alpha value is -1.40. The largest absolute Gasteiger partial charge is 0.349 e. The molecule has 6 nitrogen and oxygen atoms in total. The van der Waals surface area contributed by atoms with Gasteiger partial charge in [-0.2, -0.15) is 5.10 Å². The number of unbranched alkanes of at least 4 members (excludes halogenated alkanes) is 1. The zero-order valence-electron chi connectivity index (χ0n) is 16.5. The van der Waals surface area contributed by atoms with Crippen molar-refractivity contribution in [2.45, 2.75) is 78.0 Å². The van der Waals surface area contributed by atoms with Gasteiger partial charge in [0.05, 0.1) is 31.0 Å². The van der Waals surface area contributed by atoms with Gasteiger partial charge in [0.25, 0.3) is 0 Å². The van der Waals surface area contributed by atoms with Crippen molar-refractivity contribution >= 4 is 5.91 Å². The smallest absolute Gasteiger partial charge is 0.234 e. The van der Waals surface area contributed by atoms with Gasteiger partial charge in [0.2, 0.25) is 5.91 Å². The van der Waals surface area contributed by atoms with Crippen LogP contribution in [-0.4, -0.2) is 57.7 Å². The Balaban J connectivity index is 1.46. The number of amides is 1. The lowest BCUT2D eigenvalue weighted by molar-refractivity contribution is -0.123. The Morgan fingerprint density at radius 3 is 2.96 bits per heavy atom. The summed E-state index contributed by atoms with van der Waals surface area (Å²) >= 11 is 0. The molecular weight excluding hydrogens is 326 g/mol. The molecule has 1 fully saturated rings. The van der Waals surface area contributed by atoms with Crippen molar-refractivity contribution in [3.63, 3.8) is 0 Å². The number of aromatic nitrogens is 2. The van der Waals surface area contributed by atoms with E-state index in [9.17, 15) is 4.79 Å². The topological polar surface area (TPSA) is 53.4 Å². The second-order valence-corrected chi connectivity index (χ2v) is 7.78. The highest BCUT2D eigenvalue weighted by atomic mass is 16.2. The van der Waals surface area contributed by atoms with Gasteiger partial charge in [-0.1, -0.05) is 26.7 Å². The van der Waals surface area contributed by atoms with E-state index in [4.69, 9.17) is 0 Å². The van der Waals surface area contributed by atoms with Crippen LogP contribution in [0.1, 0.15) is 63.8 Å². The van der Waals surface area contributed by atoms with Crippen LogP contribution in [0.5, 0.6) is 0 Å². The molecular formula is C20H35N5O. The van der Waals surface area contributed by atoms with Crippen molar-refractivity contribution < 1.29 is 4.79 Å². The number of carbonyl (C=O) groups excluding carboxylic acids is 1. The Morgan fingerprint density at radius 1 is 1.27 bits per heavy atom. The number of nitrogens with zero attached hydrogens (tertiary/aromatic N) is 4. The van der Waals surface area contributed by atoms with E-state index < -0.39 is 0 Å². The first-order chi connectivity index (χ1) is 12.7. The van der Waals surface area contributed by atoms with Gasteiger partial charge in [0.15, 0.2) is 0 Å². The maximum Gasteiger partial charge on any atom is 0.234 e. The van der Waals surface area contributed by atoms with Gasteiger partial charge in [0.1, 0.15) is 0 Å². The standard InChI is InChI=1S/C20H35N5O/c1-3-5-9-23-11-12-25-19(15-23)13-17(22-25)14-21-20(26)16-24-10-7-6-8-18(24)4-2/h13,18H,3-12,14-16H2,1-2H3,(H,21,26)/t18-/m1/s1. The predicted octanol–water partition coefficient (Wildman–Crippen LogP) is 2.38. The quantitative estimate of drug-likeness (QED) is 0.772. The lowest BCUT2D eigenvalue weighted by Gasteiger charge is -2.34. The van der Waals surface area contributed by atoms with Crippen LogP contribution in [0, 0.1) is 0 Å². The van der Waals surface area contributed by atoms with E-state index in [1.54, 1.807) is 0 Å². The number of carbonyl (C=O) groups is 1. The maximum absolute atomic E-state index is 12.4. The molecule has 1 amide bonds. The molecule has 3 rings (SSSR count). The van der Waals surface area contributed by atoms with Crippen molar-refractivity contribution in [2.75, 3.05) is 26.2 Å². The fraction of sp³-hybridized carbons (Fsp3) is 0.800. The normalized spacial score (nSPS) is 21.5. The predicted molar refractivity (Wildman–Crippen MR) is 104 cm³/mol. The fourth-order valence-electron chi connectivity index (χ4n) is 4.20. The molecule has 0 saturated carbocycles. The van der Waals surface area contributed by atoms with E-state index in [2.05, 4.69) is 44.8 Å². The number of hydrogen-bond donors (Lipinski definition) is 1. The molecule has 1 aromatic heterocycles. The lowest BCUT2D eigenvalue weighted by atomic mass is 10.0. The number of hydrogen-bond acceptors (Lipinski definition) is 4. The van der Waals surface area contributed by atoms with E-state index in [1.165, 1.54) is 44.3 Å². The Labute approximate surface area is 157 Å². The van der Waals surface area contributed by atoms with E-state index in [0.717, 1.165) is 38.3 Å². The van der Waals surface area contributed by atoms with Crippen LogP contribution >= 0.6 is 0 Å². The highest BCUT2D eigenvalue weighted by Crippen LogP contribution is 2.19. The number of piperidine rings is 1. The van der Waals surface area contributed by atoms with Crippen molar-refractivity contribution in [2.24, 2.45) is 0 Å². The van der Waals surface area contributed by atoms with Gasteiger partial charge in [-0.05, 0) is 44.8 Å². The highest BCUT2D eigenvalue weighted by molar-refractivity contribution is 5.78. The van der Waals surface area contributed by atoms with E-state index >= 15 is 0 Å². The summed E-state index contributed by atoms with van der Waals surface area (Å²) < 4.78 is 2.11. The molecule has 26 heavy (non-hydrogen) atoms. The van der Waals surface area contributed by atoms with Gasteiger partial charge in [-0.15, -0.1) is 0 Å².